The number of ether oxygens (including phenoxy) is 2. The number of aliphatic hydroxyl groups is 1. The zero-order chi connectivity index (χ0) is 8.86. The van der Waals surface area contributed by atoms with Crippen molar-refractivity contribution < 1.29 is 14.6 Å². The quantitative estimate of drug-likeness (QED) is 0.685. The summed E-state index contributed by atoms with van der Waals surface area (Å²) in [5.41, 5.74) is -0.0196. The Labute approximate surface area is 73.7 Å². The van der Waals surface area contributed by atoms with E-state index in [2.05, 4.69) is 0 Å². The summed E-state index contributed by atoms with van der Waals surface area (Å²) in [5.74, 6) is 0. The maximum Gasteiger partial charge on any atom is 0.0545 e. The number of rotatable bonds is 4. The van der Waals surface area contributed by atoms with Gasteiger partial charge in [-0.1, -0.05) is 0 Å². The van der Waals surface area contributed by atoms with Crippen molar-refractivity contribution in [2.45, 2.75) is 19.3 Å². The van der Waals surface area contributed by atoms with E-state index in [1.165, 1.54) is 0 Å². The first kappa shape index (κ1) is 9.96. The van der Waals surface area contributed by atoms with E-state index in [1.54, 1.807) is 7.11 Å². The monoisotopic (exact) mass is 174 g/mol. The Bertz CT molecular complexity index is 119. The summed E-state index contributed by atoms with van der Waals surface area (Å²) in [7, 11) is 1.69. The highest BCUT2D eigenvalue weighted by Crippen LogP contribution is 2.31. The van der Waals surface area contributed by atoms with Gasteiger partial charge in [0.25, 0.3) is 0 Å². The molecule has 0 amide bonds. The van der Waals surface area contributed by atoms with Gasteiger partial charge in [-0.2, -0.15) is 0 Å². The summed E-state index contributed by atoms with van der Waals surface area (Å²) in [6, 6.07) is 0. The van der Waals surface area contributed by atoms with Crippen LogP contribution in [0.5, 0.6) is 0 Å². The van der Waals surface area contributed by atoms with Crippen LogP contribution in [0.3, 0.4) is 0 Å². The summed E-state index contributed by atoms with van der Waals surface area (Å²) in [6.45, 7) is 2.46. The van der Waals surface area contributed by atoms with Crippen molar-refractivity contribution in [1.29, 1.82) is 0 Å². The lowest BCUT2D eigenvalue weighted by Crippen LogP contribution is -2.36. The molecule has 12 heavy (non-hydrogen) atoms. The van der Waals surface area contributed by atoms with Gasteiger partial charge in [0, 0.05) is 25.7 Å². The zero-order valence-electron chi connectivity index (χ0n) is 7.71. The van der Waals surface area contributed by atoms with Crippen LogP contribution in [0, 0.1) is 5.41 Å². The predicted molar refractivity (Wildman–Crippen MR) is 46.1 cm³/mol. The van der Waals surface area contributed by atoms with E-state index >= 15 is 0 Å². The standard InChI is InChI=1S/C9H18O3/c1-11-6-4-9(7-10)3-2-5-12-8-9/h10H,2-8H2,1H3. The maximum absolute atomic E-state index is 9.23. The molecule has 0 aromatic heterocycles. The molecule has 0 radical (unpaired) electrons. The van der Waals surface area contributed by atoms with E-state index in [0.717, 1.165) is 25.9 Å². The molecule has 1 heterocycles. The van der Waals surface area contributed by atoms with Gasteiger partial charge in [-0.3, -0.25) is 0 Å². The molecular weight excluding hydrogens is 156 g/mol. The van der Waals surface area contributed by atoms with Gasteiger partial charge in [-0.25, -0.2) is 0 Å². The van der Waals surface area contributed by atoms with Crippen molar-refractivity contribution in [3.05, 3.63) is 0 Å². The average molecular weight is 174 g/mol. The van der Waals surface area contributed by atoms with E-state index in [9.17, 15) is 5.11 Å². The summed E-state index contributed by atoms with van der Waals surface area (Å²) >= 11 is 0. The Morgan fingerprint density at radius 3 is 2.92 bits per heavy atom. The van der Waals surface area contributed by atoms with Crippen LogP contribution >= 0.6 is 0 Å². The molecule has 1 aliphatic rings. The third-order valence-corrected chi connectivity index (χ3v) is 2.58. The minimum Gasteiger partial charge on any atom is -0.396 e. The number of hydrogen-bond acceptors (Lipinski definition) is 3. The Morgan fingerprint density at radius 1 is 1.58 bits per heavy atom. The van der Waals surface area contributed by atoms with E-state index in [1.807, 2.05) is 0 Å². The van der Waals surface area contributed by atoms with Crippen LogP contribution < -0.4 is 0 Å². The van der Waals surface area contributed by atoms with Gasteiger partial charge in [-0.15, -0.1) is 0 Å². The Morgan fingerprint density at radius 2 is 2.42 bits per heavy atom. The Hall–Kier alpha value is -0.120. The molecule has 1 atom stereocenters. The van der Waals surface area contributed by atoms with Crippen LogP contribution in [0.4, 0.5) is 0 Å². The van der Waals surface area contributed by atoms with Crippen LogP contribution in [0.25, 0.3) is 0 Å². The van der Waals surface area contributed by atoms with Crippen molar-refractivity contribution in [3.63, 3.8) is 0 Å². The summed E-state index contributed by atoms with van der Waals surface area (Å²) in [4.78, 5) is 0. The Balaban J connectivity index is 2.37. The van der Waals surface area contributed by atoms with Gasteiger partial charge in [0.1, 0.15) is 0 Å². The molecule has 1 saturated heterocycles. The summed E-state index contributed by atoms with van der Waals surface area (Å²) in [6.07, 6.45) is 3.02. The molecule has 1 N–H and O–H groups in total. The van der Waals surface area contributed by atoms with Gasteiger partial charge in [0.05, 0.1) is 13.2 Å². The molecule has 1 aliphatic heterocycles. The topological polar surface area (TPSA) is 38.7 Å². The normalized spacial score (nSPS) is 30.5. The minimum atomic E-state index is -0.0196. The van der Waals surface area contributed by atoms with Crippen molar-refractivity contribution in [2.24, 2.45) is 5.41 Å². The molecule has 0 bridgehead atoms. The van der Waals surface area contributed by atoms with Gasteiger partial charge in [0.15, 0.2) is 0 Å². The molecule has 1 rings (SSSR count). The molecule has 0 aliphatic carbocycles. The lowest BCUT2D eigenvalue weighted by molar-refractivity contribution is -0.0523. The van der Waals surface area contributed by atoms with Crippen molar-refractivity contribution in [2.75, 3.05) is 33.5 Å². The SMILES string of the molecule is COCCC1(CO)CCCOC1. The van der Waals surface area contributed by atoms with Gasteiger partial charge < -0.3 is 14.6 Å². The average Bonchev–Trinajstić information content (AvgIpc) is 2.16. The van der Waals surface area contributed by atoms with E-state index in [4.69, 9.17) is 9.47 Å². The van der Waals surface area contributed by atoms with Crippen LogP contribution in [0.1, 0.15) is 19.3 Å². The highest BCUT2D eigenvalue weighted by molar-refractivity contribution is 4.80. The molecule has 1 fully saturated rings. The number of hydrogen-bond donors (Lipinski definition) is 1. The first-order valence-electron chi connectivity index (χ1n) is 4.50. The largest absolute Gasteiger partial charge is 0.396 e. The van der Waals surface area contributed by atoms with E-state index in [-0.39, 0.29) is 12.0 Å². The second-order valence-electron chi connectivity index (χ2n) is 3.56. The first-order chi connectivity index (χ1) is 5.83. The second kappa shape index (κ2) is 4.80. The van der Waals surface area contributed by atoms with E-state index in [0.29, 0.717) is 13.2 Å². The summed E-state index contributed by atoms with van der Waals surface area (Å²) in [5, 5.41) is 9.23. The van der Waals surface area contributed by atoms with Crippen molar-refractivity contribution in [3.8, 4) is 0 Å². The van der Waals surface area contributed by atoms with Crippen LogP contribution in [0.15, 0.2) is 0 Å². The van der Waals surface area contributed by atoms with Crippen LogP contribution in [0.2, 0.25) is 0 Å². The zero-order valence-corrected chi connectivity index (χ0v) is 7.71. The van der Waals surface area contributed by atoms with Crippen molar-refractivity contribution in [1.82, 2.24) is 0 Å². The Kier molecular flexibility index (Phi) is 3.98. The fourth-order valence-corrected chi connectivity index (χ4v) is 1.63. The number of aliphatic hydroxyl groups excluding tert-OH is 1. The fraction of sp³-hybridized carbons (Fsp3) is 1.00. The summed E-state index contributed by atoms with van der Waals surface area (Å²) < 4.78 is 10.4. The molecule has 0 spiro atoms. The fourth-order valence-electron chi connectivity index (χ4n) is 1.63. The van der Waals surface area contributed by atoms with Crippen LogP contribution in [-0.4, -0.2) is 38.6 Å². The van der Waals surface area contributed by atoms with E-state index < -0.39 is 0 Å². The maximum atomic E-state index is 9.23. The van der Waals surface area contributed by atoms with Crippen LogP contribution in [-0.2, 0) is 9.47 Å². The molecule has 3 nitrogen and oxygen atoms in total. The minimum absolute atomic E-state index is 0.0196. The smallest absolute Gasteiger partial charge is 0.0545 e. The molecular formula is C9H18O3. The number of methoxy groups -OCH3 is 1. The van der Waals surface area contributed by atoms with Crippen molar-refractivity contribution >= 4 is 0 Å². The second-order valence-corrected chi connectivity index (χ2v) is 3.56. The molecule has 0 aromatic carbocycles. The molecule has 1 unspecified atom stereocenters. The van der Waals surface area contributed by atoms with Gasteiger partial charge >= 0.3 is 0 Å². The first-order valence-corrected chi connectivity index (χ1v) is 4.50. The molecule has 0 aromatic rings. The molecule has 72 valence electrons. The van der Waals surface area contributed by atoms with Gasteiger partial charge in [-0.05, 0) is 19.3 Å². The lowest BCUT2D eigenvalue weighted by Gasteiger charge is -2.35. The third-order valence-electron chi connectivity index (χ3n) is 2.58. The molecule has 3 heteroatoms. The lowest BCUT2D eigenvalue weighted by atomic mass is 9.80. The predicted octanol–water partition coefficient (Wildman–Crippen LogP) is 0.812. The van der Waals surface area contributed by atoms with Gasteiger partial charge in [0.2, 0.25) is 0 Å². The third kappa shape index (κ3) is 2.44. The highest BCUT2D eigenvalue weighted by Gasteiger charge is 2.31. The molecule has 0 saturated carbocycles. The highest BCUT2D eigenvalue weighted by atomic mass is 16.5.